The number of fused-ring (bicyclic) bond motifs is 3. The van der Waals surface area contributed by atoms with Crippen LogP contribution in [0.1, 0.15) is 64.2 Å². The van der Waals surface area contributed by atoms with E-state index < -0.39 is 0 Å². The molecule has 9 rings (SSSR count). The molecule has 126 heavy (non-hydrogen) atoms. The fraction of sp³-hybridized carbons (Fsp3) is 1.00. The van der Waals surface area contributed by atoms with Gasteiger partial charge in [-0.05, 0) is 385 Å². The van der Waals surface area contributed by atoms with Crippen molar-refractivity contribution in [3.05, 3.63) is 0 Å². The normalized spacial score (nSPS) is 27.3. The van der Waals surface area contributed by atoms with E-state index in [2.05, 4.69) is 332 Å². The number of nitrogens with zero attached hydrogens (tertiary/aromatic N) is 29. The van der Waals surface area contributed by atoms with Gasteiger partial charge in [-0.2, -0.15) is 0 Å². The predicted molar refractivity (Wildman–Crippen MR) is 551 cm³/mol. The molecular formula is C97H221N29. The van der Waals surface area contributed by atoms with Crippen molar-refractivity contribution >= 4 is 0 Å². The lowest BCUT2D eigenvalue weighted by Gasteiger charge is -2.34. The van der Waals surface area contributed by atoms with Crippen LogP contribution in [0.3, 0.4) is 0 Å². The first kappa shape index (κ1) is 121. The maximum Gasteiger partial charge on any atom is 0.0110 e. The van der Waals surface area contributed by atoms with Gasteiger partial charge in [0, 0.05) is 262 Å². The standard InChI is InChI=1S/C15H35N5.C14H30N4.C14H32N4.C12H28N4.C12H27N3.C11H25N3.C10H23N3.C9H21N3/c1-16-6-8-17(2)10-12-19(4)14-15-20(5)13-11-18(3)9-7-16;1-15-5-3-7-18-12-10-16(2)6-4-8-17(11-9-15)13-14-18;1-15-7-5-8-17(3)13-14-18(4)10-6-9-16(2)12-11-15;1-13-5-7-14(2)9-11-16(4)12-10-15(3)8-6-13;1-13-7-4-9-14(2)11-6-12-15(3)10-5-8-13;1-12-6-4-8-13(2)10-11-14(3)9-5-7-12;1-11-5-4-6-12(2)8-10-13(3)9-7-11;1-10-4-6-11(2)8-9-12(3)7-5-10/h6-15H2,1-5H3;3-14H2,1-2H3;5-14H2,1-4H3;5-12H2,1-4H3;4-12H2,1-3H3;4-11H2,1-3H3;4-10H2,1-3H3;4-9H2,1-3H3. The molecule has 754 valence electrons. The molecule has 0 aromatic carbocycles. The van der Waals surface area contributed by atoms with E-state index in [1.807, 2.05) is 0 Å². The quantitative estimate of drug-likeness (QED) is 0.352. The molecule has 29 heteroatoms. The summed E-state index contributed by atoms with van der Waals surface area (Å²) >= 11 is 0. The van der Waals surface area contributed by atoms with Gasteiger partial charge in [-0.1, -0.05) is 0 Å². The van der Waals surface area contributed by atoms with Gasteiger partial charge in [-0.3, -0.25) is 0 Å². The van der Waals surface area contributed by atoms with Crippen LogP contribution in [0.2, 0.25) is 0 Å². The number of hydrogen-bond donors (Lipinski definition) is 0. The van der Waals surface area contributed by atoms with Crippen molar-refractivity contribution in [3.8, 4) is 0 Å². The first-order valence-corrected chi connectivity index (χ1v) is 51.0. The average Bonchev–Trinajstić information content (AvgIpc) is 1.73. The lowest BCUT2D eigenvalue weighted by molar-refractivity contribution is 0.135. The third kappa shape index (κ3) is 72.3. The molecule has 0 aromatic heterocycles. The van der Waals surface area contributed by atoms with E-state index in [0.717, 1.165) is 65.4 Å². The Kier molecular flexibility index (Phi) is 73.8. The van der Waals surface area contributed by atoms with Crippen LogP contribution >= 0.6 is 0 Å². The molecule has 0 aromatic rings. The highest BCUT2D eigenvalue weighted by atomic mass is 15.3. The second-order valence-corrected chi connectivity index (χ2v) is 41.4. The second kappa shape index (κ2) is 76.9. The minimum Gasteiger partial charge on any atom is -0.306 e. The summed E-state index contributed by atoms with van der Waals surface area (Å²) in [5, 5.41) is 0. The highest BCUT2D eigenvalue weighted by Crippen LogP contribution is 2.08. The van der Waals surface area contributed by atoms with Crippen LogP contribution < -0.4 is 0 Å². The summed E-state index contributed by atoms with van der Waals surface area (Å²) in [4.78, 5) is 71.3. The monoisotopic (exact) mass is 1790 g/mol. The molecule has 0 aliphatic carbocycles. The zero-order valence-corrected chi connectivity index (χ0v) is 89.5. The molecule has 9 fully saturated rings. The van der Waals surface area contributed by atoms with Crippen LogP contribution in [0.25, 0.3) is 0 Å². The third-order valence-electron chi connectivity index (χ3n) is 27.7. The van der Waals surface area contributed by atoms with E-state index in [4.69, 9.17) is 0 Å². The Hall–Kier alpha value is -1.16. The Balaban J connectivity index is 0.000000490. The highest BCUT2D eigenvalue weighted by Gasteiger charge is 2.20. The third-order valence-corrected chi connectivity index (χ3v) is 27.7. The van der Waals surface area contributed by atoms with Crippen LogP contribution in [0, 0.1) is 0 Å². The summed E-state index contributed by atoms with van der Waals surface area (Å²) in [5.74, 6) is 0. The lowest BCUT2D eigenvalue weighted by atomic mass is 10.2. The molecule has 9 saturated heterocycles. The maximum absolute atomic E-state index is 2.66. The van der Waals surface area contributed by atoms with E-state index in [0.29, 0.717) is 0 Å². The van der Waals surface area contributed by atoms with Gasteiger partial charge in [0.15, 0.2) is 0 Å². The average molecular weight is 1790 g/mol. The Morgan fingerprint density at radius 2 is 0.119 bits per heavy atom. The minimum atomic E-state index is 1.16. The van der Waals surface area contributed by atoms with E-state index in [1.165, 1.54) is 391 Å². The van der Waals surface area contributed by atoms with Gasteiger partial charge in [-0.15, -0.1) is 0 Å². The summed E-state index contributed by atoms with van der Waals surface area (Å²) in [6, 6.07) is 0. The van der Waals surface area contributed by atoms with Crippen LogP contribution in [0.4, 0.5) is 0 Å². The summed E-state index contributed by atoms with van der Waals surface area (Å²) < 4.78 is 0. The number of hydrogen-bond acceptors (Lipinski definition) is 29. The van der Waals surface area contributed by atoms with Crippen LogP contribution in [0.5, 0.6) is 0 Å². The molecule has 9 heterocycles. The molecule has 2 unspecified atom stereocenters. The molecule has 9 aliphatic rings. The molecule has 0 saturated carbocycles. The van der Waals surface area contributed by atoms with Gasteiger partial charge in [0.2, 0.25) is 0 Å². The zero-order valence-electron chi connectivity index (χ0n) is 89.5. The van der Waals surface area contributed by atoms with Gasteiger partial charge < -0.3 is 142 Å². The van der Waals surface area contributed by atoms with Crippen molar-refractivity contribution in [2.45, 2.75) is 64.2 Å². The van der Waals surface area contributed by atoms with E-state index in [1.54, 1.807) is 0 Å². The van der Waals surface area contributed by atoms with Crippen molar-refractivity contribution in [2.75, 3.05) is 583 Å². The van der Waals surface area contributed by atoms with Crippen molar-refractivity contribution in [2.24, 2.45) is 0 Å². The van der Waals surface area contributed by atoms with E-state index in [9.17, 15) is 0 Å². The van der Waals surface area contributed by atoms with Gasteiger partial charge in [0.05, 0.1) is 0 Å². The molecule has 0 spiro atoms. The van der Waals surface area contributed by atoms with Crippen molar-refractivity contribution in [1.82, 2.24) is 142 Å². The summed E-state index contributed by atoms with van der Waals surface area (Å²) in [7, 11) is 60.2. The predicted octanol–water partition coefficient (Wildman–Crippen LogP) is 1.68. The molecule has 0 radical (unpaired) electrons. The molecule has 9 aliphatic heterocycles. The maximum atomic E-state index is 2.66. The summed E-state index contributed by atoms with van der Waals surface area (Å²) in [6.07, 6.45) is 13.0. The van der Waals surface area contributed by atoms with Crippen LogP contribution in [0.15, 0.2) is 0 Å². The van der Waals surface area contributed by atoms with Crippen molar-refractivity contribution < 1.29 is 0 Å². The van der Waals surface area contributed by atoms with Crippen molar-refractivity contribution in [1.29, 1.82) is 0 Å². The molecular weight excluding hydrogens is 1570 g/mol. The Morgan fingerprint density at radius 1 is 0.0635 bits per heavy atom. The van der Waals surface area contributed by atoms with E-state index >= 15 is 0 Å². The Bertz CT molecular complexity index is 2080. The fourth-order valence-electron chi connectivity index (χ4n) is 16.4. The van der Waals surface area contributed by atoms with Gasteiger partial charge in [0.25, 0.3) is 0 Å². The fourth-order valence-corrected chi connectivity index (χ4v) is 16.4. The topological polar surface area (TPSA) is 94.0 Å². The minimum absolute atomic E-state index is 1.16. The highest BCUT2D eigenvalue weighted by molar-refractivity contribution is 4.76. The summed E-state index contributed by atoms with van der Waals surface area (Å²) in [6.45, 7) is 72.5. The van der Waals surface area contributed by atoms with Gasteiger partial charge in [0.1, 0.15) is 0 Å². The van der Waals surface area contributed by atoms with Crippen LogP contribution in [-0.2, 0) is 0 Å². The molecule has 0 amide bonds. The Labute approximate surface area is 785 Å². The van der Waals surface area contributed by atoms with Gasteiger partial charge in [-0.25, -0.2) is 0 Å². The number of likely N-dealkylation sites (N-methyl/N-ethyl adjacent to an activating group) is 23. The largest absolute Gasteiger partial charge is 0.306 e. The second-order valence-electron chi connectivity index (χ2n) is 41.4. The van der Waals surface area contributed by atoms with Crippen molar-refractivity contribution in [3.63, 3.8) is 0 Å². The number of rotatable bonds is 0. The lowest BCUT2D eigenvalue weighted by Crippen LogP contribution is -2.45. The molecule has 2 atom stereocenters. The SMILES string of the molecule is CN1CCCN(C)CCCN(C)CCC1.CN1CCCN(C)CCN(C)CC1.CN1CCCN(C)CCN(C)CCC1.CN1CCCN(C)CCN(C)CCCN(C)CC1.CN1CCCN2CCN(C)CCCN(CC1)CC2.CN1CCN(C)CCN(C)CC1.CN1CCN(C)CCN(C)CCN(C)CC1.CN1CCN(C)CCN(C)CCN(C)CCN(C)CC1. The molecule has 2 bridgehead atoms. The van der Waals surface area contributed by atoms with E-state index in [-0.39, 0.29) is 0 Å². The molecule has 0 N–H and O–H groups in total. The first-order valence-electron chi connectivity index (χ1n) is 51.0. The molecule has 29 nitrogen and oxygen atoms in total. The first-order chi connectivity index (χ1) is 60.1. The Morgan fingerprint density at radius 3 is 0.214 bits per heavy atom. The van der Waals surface area contributed by atoms with Crippen LogP contribution in [-0.4, -0.2) is 725 Å². The zero-order chi connectivity index (χ0) is 93.2. The summed E-state index contributed by atoms with van der Waals surface area (Å²) in [5.41, 5.74) is 0. The van der Waals surface area contributed by atoms with Gasteiger partial charge >= 0.3 is 0 Å². The smallest absolute Gasteiger partial charge is 0.0110 e.